The number of carbonyl (C=O) groups is 1. The van der Waals surface area contributed by atoms with Crippen molar-refractivity contribution in [3.05, 3.63) is 59.7 Å². The third kappa shape index (κ3) is 5.76. The Balaban J connectivity index is 1.80. The Morgan fingerprint density at radius 1 is 1.08 bits per heavy atom. The van der Waals surface area contributed by atoms with Crippen molar-refractivity contribution >= 4 is 12.1 Å². The molecule has 0 saturated heterocycles. The van der Waals surface area contributed by atoms with Gasteiger partial charge in [-0.15, -0.1) is 0 Å². The zero-order valence-corrected chi connectivity index (χ0v) is 14.0. The van der Waals surface area contributed by atoms with Gasteiger partial charge in [-0.05, 0) is 53.9 Å². The molecule has 0 fully saturated rings. The molecule has 2 rings (SSSR count). The molecule has 1 amide bonds. The van der Waals surface area contributed by atoms with Crippen molar-refractivity contribution in [1.82, 2.24) is 5.43 Å². The second-order valence-electron chi connectivity index (χ2n) is 5.24. The molecule has 0 aliphatic rings. The molecular weight excluding hydrogens is 304 g/mol. The fourth-order valence-electron chi connectivity index (χ4n) is 2.02. The van der Waals surface area contributed by atoms with Crippen LogP contribution < -0.4 is 14.9 Å². The highest BCUT2D eigenvalue weighted by Crippen LogP contribution is 2.12. The monoisotopic (exact) mass is 326 g/mol. The first-order chi connectivity index (χ1) is 11.7. The van der Waals surface area contributed by atoms with Crippen LogP contribution in [-0.2, 0) is 11.2 Å². The van der Waals surface area contributed by atoms with Crippen LogP contribution in [0.3, 0.4) is 0 Å². The van der Waals surface area contributed by atoms with Crippen molar-refractivity contribution in [3.8, 4) is 11.5 Å². The summed E-state index contributed by atoms with van der Waals surface area (Å²) < 4.78 is 10.6. The summed E-state index contributed by atoms with van der Waals surface area (Å²) in [7, 11) is 1.61. The molecule has 0 radical (unpaired) electrons. The van der Waals surface area contributed by atoms with Crippen molar-refractivity contribution in [1.29, 1.82) is 0 Å². The average Bonchev–Trinajstić information content (AvgIpc) is 2.61. The van der Waals surface area contributed by atoms with Crippen LogP contribution >= 0.6 is 0 Å². The van der Waals surface area contributed by atoms with E-state index in [1.165, 1.54) is 0 Å². The first-order valence-corrected chi connectivity index (χ1v) is 7.89. The number of methoxy groups -OCH3 is 1. The smallest absolute Gasteiger partial charge is 0.244 e. The molecule has 5 nitrogen and oxygen atoms in total. The molecule has 2 aromatic carbocycles. The standard InChI is InChI=1S/C19H22N2O3/c1-3-12-24-18-10-6-16(7-11-18)14-20-21-19(22)13-15-4-8-17(23-2)9-5-15/h4-11,14H,3,12-13H2,1-2H3,(H,21,22)/b20-14-. The zero-order chi connectivity index (χ0) is 17.2. The summed E-state index contributed by atoms with van der Waals surface area (Å²) in [6.45, 7) is 2.77. The quantitative estimate of drug-likeness (QED) is 0.599. The van der Waals surface area contributed by atoms with E-state index >= 15 is 0 Å². The van der Waals surface area contributed by atoms with E-state index in [4.69, 9.17) is 9.47 Å². The molecule has 0 unspecified atom stereocenters. The molecule has 0 aliphatic heterocycles. The van der Waals surface area contributed by atoms with Gasteiger partial charge in [0.05, 0.1) is 26.4 Å². The Bertz CT molecular complexity index is 664. The lowest BCUT2D eigenvalue weighted by Crippen LogP contribution is -2.19. The van der Waals surface area contributed by atoms with E-state index in [1.54, 1.807) is 13.3 Å². The Hall–Kier alpha value is -2.82. The van der Waals surface area contributed by atoms with Crippen LogP contribution in [0.1, 0.15) is 24.5 Å². The third-order valence-electron chi connectivity index (χ3n) is 3.28. The summed E-state index contributed by atoms with van der Waals surface area (Å²) in [6.07, 6.45) is 2.85. The number of hydrogen-bond donors (Lipinski definition) is 1. The predicted octanol–water partition coefficient (Wildman–Crippen LogP) is 3.18. The SMILES string of the molecule is CCCOc1ccc(/C=N\NC(=O)Cc2ccc(OC)cc2)cc1. The first-order valence-electron chi connectivity index (χ1n) is 7.89. The number of amides is 1. The minimum Gasteiger partial charge on any atom is -0.497 e. The van der Waals surface area contributed by atoms with Gasteiger partial charge >= 0.3 is 0 Å². The van der Waals surface area contributed by atoms with Crippen LogP contribution in [0, 0.1) is 0 Å². The van der Waals surface area contributed by atoms with Gasteiger partial charge in [0.2, 0.25) is 5.91 Å². The van der Waals surface area contributed by atoms with Gasteiger partial charge < -0.3 is 9.47 Å². The van der Waals surface area contributed by atoms with E-state index in [-0.39, 0.29) is 12.3 Å². The summed E-state index contributed by atoms with van der Waals surface area (Å²) in [4.78, 5) is 11.9. The zero-order valence-electron chi connectivity index (χ0n) is 14.0. The van der Waals surface area contributed by atoms with Gasteiger partial charge in [-0.1, -0.05) is 19.1 Å². The average molecular weight is 326 g/mol. The lowest BCUT2D eigenvalue weighted by Gasteiger charge is -2.04. The van der Waals surface area contributed by atoms with Crippen LogP contribution in [-0.4, -0.2) is 25.8 Å². The topological polar surface area (TPSA) is 59.9 Å². The van der Waals surface area contributed by atoms with Crippen LogP contribution in [0.5, 0.6) is 11.5 Å². The largest absolute Gasteiger partial charge is 0.497 e. The highest BCUT2D eigenvalue weighted by atomic mass is 16.5. The van der Waals surface area contributed by atoms with Gasteiger partial charge in [0.1, 0.15) is 11.5 Å². The maximum atomic E-state index is 11.9. The number of nitrogens with one attached hydrogen (secondary N) is 1. The number of hydrazone groups is 1. The Labute approximate surface area is 142 Å². The van der Waals surface area contributed by atoms with Gasteiger partial charge in [-0.25, -0.2) is 5.43 Å². The molecule has 126 valence electrons. The molecule has 0 heterocycles. The lowest BCUT2D eigenvalue weighted by molar-refractivity contribution is -0.120. The molecular formula is C19H22N2O3. The minimum atomic E-state index is -0.167. The van der Waals surface area contributed by atoms with E-state index in [1.807, 2.05) is 48.5 Å². The van der Waals surface area contributed by atoms with Gasteiger partial charge in [-0.2, -0.15) is 5.10 Å². The molecule has 0 aromatic heterocycles. The Kier molecular flexibility index (Phi) is 6.83. The molecule has 2 aromatic rings. The minimum absolute atomic E-state index is 0.167. The molecule has 0 bridgehead atoms. The second kappa shape index (κ2) is 9.35. The van der Waals surface area contributed by atoms with E-state index in [9.17, 15) is 4.79 Å². The molecule has 5 heteroatoms. The third-order valence-corrected chi connectivity index (χ3v) is 3.28. The molecule has 24 heavy (non-hydrogen) atoms. The van der Waals surface area contributed by atoms with Crippen LogP contribution in [0.25, 0.3) is 0 Å². The molecule has 0 aliphatic carbocycles. The molecule has 1 N–H and O–H groups in total. The number of benzene rings is 2. The van der Waals surface area contributed by atoms with Gasteiger partial charge in [0, 0.05) is 0 Å². The molecule has 0 spiro atoms. The first kappa shape index (κ1) is 17.5. The summed E-state index contributed by atoms with van der Waals surface area (Å²) >= 11 is 0. The second-order valence-corrected chi connectivity index (χ2v) is 5.24. The van der Waals surface area contributed by atoms with Gasteiger partial charge in [0.15, 0.2) is 0 Å². The van der Waals surface area contributed by atoms with E-state index < -0.39 is 0 Å². The maximum Gasteiger partial charge on any atom is 0.244 e. The highest BCUT2D eigenvalue weighted by molar-refractivity contribution is 5.83. The normalized spacial score (nSPS) is 10.6. The van der Waals surface area contributed by atoms with Gasteiger partial charge in [-0.3, -0.25) is 4.79 Å². The number of ether oxygens (including phenoxy) is 2. The van der Waals surface area contributed by atoms with E-state index in [2.05, 4.69) is 17.5 Å². The fourth-order valence-corrected chi connectivity index (χ4v) is 2.02. The van der Waals surface area contributed by atoms with E-state index in [0.717, 1.165) is 29.0 Å². The molecule has 0 atom stereocenters. The van der Waals surface area contributed by atoms with Crippen molar-refractivity contribution in [2.45, 2.75) is 19.8 Å². The number of nitrogens with zero attached hydrogens (tertiary/aromatic N) is 1. The highest BCUT2D eigenvalue weighted by Gasteiger charge is 2.02. The number of carbonyl (C=O) groups excluding carboxylic acids is 1. The van der Waals surface area contributed by atoms with Crippen molar-refractivity contribution < 1.29 is 14.3 Å². The maximum absolute atomic E-state index is 11.9. The summed E-state index contributed by atoms with van der Waals surface area (Å²) in [5.41, 5.74) is 4.32. The molecule has 0 saturated carbocycles. The fraction of sp³-hybridized carbons (Fsp3) is 0.263. The predicted molar refractivity (Wildman–Crippen MR) is 94.7 cm³/mol. The van der Waals surface area contributed by atoms with Gasteiger partial charge in [0.25, 0.3) is 0 Å². The summed E-state index contributed by atoms with van der Waals surface area (Å²) in [5.74, 6) is 1.43. The van der Waals surface area contributed by atoms with Crippen LogP contribution in [0.15, 0.2) is 53.6 Å². The lowest BCUT2D eigenvalue weighted by atomic mass is 10.1. The van der Waals surface area contributed by atoms with Crippen LogP contribution in [0.4, 0.5) is 0 Å². The van der Waals surface area contributed by atoms with Crippen molar-refractivity contribution in [2.24, 2.45) is 5.10 Å². The summed E-state index contributed by atoms with van der Waals surface area (Å²) in [6, 6.07) is 14.9. The Morgan fingerprint density at radius 3 is 2.38 bits per heavy atom. The Morgan fingerprint density at radius 2 is 1.75 bits per heavy atom. The number of rotatable bonds is 8. The summed E-state index contributed by atoms with van der Waals surface area (Å²) in [5, 5.41) is 3.97. The van der Waals surface area contributed by atoms with Crippen molar-refractivity contribution in [3.63, 3.8) is 0 Å². The van der Waals surface area contributed by atoms with Crippen LogP contribution in [0.2, 0.25) is 0 Å². The van der Waals surface area contributed by atoms with E-state index in [0.29, 0.717) is 6.61 Å². The number of hydrogen-bond acceptors (Lipinski definition) is 4. The van der Waals surface area contributed by atoms with Crippen molar-refractivity contribution in [2.75, 3.05) is 13.7 Å².